The van der Waals surface area contributed by atoms with Gasteiger partial charge in [0, 0.05) is 5.56 Å². The van der Waals surface area contributed by atoms with E-state index in [1.165, 1.54) is 0 Å². The van der Waals surface area contributed by atoms with Crippen molar-refractivity contribution in [2.24, 2.45) is 0 Å². The van der Waals surface area contributed by atoms with E-state index in [2.05, 4.69) is 20.8 Å². The number of aromatic carboxylic acids is 1. The van der Waals surface area contributed by atoms with Crippen molar-refractivity contribution in [3.8, 4) is 16.9 Å². The van der Waals surface area contributed by atoms with Crippen molar-refractivity contribution in [1.29, 1.82) is 0 Å². The van der Waals surface area contributed by atoms with E-state index >= 15 is 0 Å². The first kappa shape index (κ1) is 18.1. The number of aromatic hydroxyl groups is 1. The molecular formula is C21H26O3. The van der Waals surface area contributed by atoms with Gasteiger partial charge in [-0.2, -0.15) is 0 Å². The minimum Gasteiger partial charge on any atom is -0.507 e. The fourth-order valence-corrected chi connectivity index (χ4v) is 3.06. The molecule has 24 heavy (non-hydrogen) atoms. The van der Waals surface area contributed by atoms with E-state index in [1.807, 2.05) is 36.4 Å². The monoisotopic (exact) mass is 326 g/mol. The number of phenols is 1. The summed E-state index contributed by atoms with van der Waals surface area (Å²) >= 11 is 0. The number of carbonyl (C=O) groups is 1. The van der Waals surface area contributed by atoms with Crippen LogP contribution in [0.15, 0.2) is 42.5 Å². The molecule has 128 valence electrons. The highest BCUT2D eigenvalue weighted by Gasteiger charge is 2.27. The van der Waals surface area contributed by atoms with Crippen LogP contribution >= 0.6 is 0 Å². The number of unbranched alkanes of at least 4 members (excludes halogenated alkanes) is 2. The second kappa shape index (κ2) is 7.52. The summed E-state index contributed by atoms with van der Waals surface area (Å²) in [7, 11) is 0. The maximum atomic E-state index is 11.6. The first-order valence-corrected chi connectivity index (χ1v) is 8.53. The van der Waals surface area contributed by atoms with Crippen LogP contribution in [0.5, 0.6) is 5.75 Å². The van der Waals surface area contributed by atoms with E-state index in [0.29, 0.717) is 5.56 Å². The van der Waals surface area contributed by atoms with Crippen molar-refractivity contribution in [2.45, 2.75) is 51.9 Å². The Morgan fingerprint density at radius 2 is 1.71 bits per heavy atom. The van der Waals surface area contributed by atoms with Crippen molar-refractivity contribution >= 4 is 5.97 Å². The van der Waals surface area contributed by atoms with Gasteiger partial charge in [0.1, 0.15) is 11.3 Å². The van der Waals surface area contributed by atoms with Crippen molar-refractivity contribution < 1.29 is 15.0 Å². The van der Waals surface area contributed by atoms with Crippen LogP contribution in [0.4, 0.5) is 0 Å². The van der Waals surface area contributed by atoms with Crippen molar-refractivity contribution in [2.75, 3.05) is 0 Å². The molecule has 0 saturated carbocycles. The molecule has 0 atom stereocenters. The van der Waals surface area contributed by atoms with Gasteiger partial charge in [-0.3, -0.25) is 0 Å². The summed E-state index contributed by atoms with van der Waals surface area (Å²) < 4.78 is 0. The van der Waals surface area contributed by atoms with Crippen LogP contribution < -0.4 is 0 Å². The minimum atomic E-state index is -1.10. The van der Waals surface area contributed by atoms with Gasteiger partial charge >= 0.3 is 5.97 Å². The highest BCUT2D eigenvalue weighted by Crippen LogP contribution is 2.40. The molecule has 0 amide bonds. The van der Waals surface area contributed by atoms with Crippen molar-refractivity contribution in [3.63, 3.8) is 0 Å². The zero-order chi connectivity index (χ0) is 17.7. The van der Waals surface area contributed by atoms with Crippen LogP contribution in [0.25, 0.3) is 11.1 Å². The second-order valence-electron chi connectivity index (χ2n) is 6.93. The third-order valence-corrected chi connectivity index (χ3v) is 4.58. The SMILES string of the molecule is CCCCCC(C)(C)c1cc(-c2ccccc2)cc(C(=O)O)c1O. The summed E-state index contributed by atoms with van der Waals surface area (Å²) in [6, 6.07) is 13.2. The van der Waals surface area contributed by atoms with Crippen LogP contribution in [0.2, 0.25) is 0 Å². The number of hydrogen-bond acceptors (Lipinski definition) is 2. The van der Waals surface area contributed by atoms with Gasteiger partial charge in [0.2, 0.25) is 0 Å². The van der Waals surface area contributed by atoms with Gasteiger partial charge < -0.3 is 10.2 Å². The van der Waals surface area contributed by atoms with Crippen molar-refractivity contribution in [3.05, 3.63) is 53.6 Å². The molecule has 0 aliphatic rings. The number of rotatable bonds is 7. The van der Waals surface area contributed by atoms with Crippen molar-refractivity contribution in [1.82, 2.24) is 0 Å². The Balaban J connectivity index is 2.54. The Morgan fingerprint density at radius 3 is 2.29 bits per heavy atom. The Labute approximate surface area is 144 Å². The molecule has 2 aromatic rings. The predicted molar refractivity (Wildman–Crippen MR) is 97.7 cm³/mol. The van der Waals surface area contributed by atoms with Gasteiger partial charge in [-0.05, 0) is 35.1 Å². The molecule has 0 heterocycles. The number of carboxylic acids is 1. The number of hydrogen-bond donors (Lipinski definition) is 2. The van der Waals surface area contributed by atoms with Gasteiger partial charge in [-0.15, -0.1) is 0 Å². The molecule has 0 spiro atoms. The Morgan fingerprint density at radius 1 is 1.04 bits per heavy atom. The molecular weight excluding hydrogens is 300 g/mol. The lowest BCUT2D eigenvalue weighted by Crippen LogP contribution is -2.18. The molecule has 0 aliphatic carbocycles. The van der Waals surface area contributed by atoms with Crippen LogP contribution in [0.1, 0.15) is 62.4 Å². The Kier molecular flexibility index (Phi) is 5.66. The van der Waals surface area contributed by atoms with Crippen LogP contribution in [0.3, 0.4) is 0 Å². The third-order valence-electron chi connectivity index (χ3n) is 4.58. The first-order chi connectivity index (χ1) is 11.4. The average Bonchev–Trinajstić information content (AvgIpc) is 2.55. The molecule has 2 aromatic carbocycles. The van der Waals surface area contributed by atoms with Gasteiger partial charge in [0.15, 0.2) is 0 Å². The summed E-state index contributed by atoms with van der Waals surface area (Å²) in [5.41, 5.74) is 2.16. The predicted octanol–water partition coefficient (Wildman–Crippen LogP) is 5.62. The highest BCUT2D eigenvalue weighted by molar-refractivity contribution is 5.93. The summed E-state index contributed by atoms with van der Waals surface area (Å²) in [6.45, 7) is 6.29. The van der Waals surface area contributed by atoms with Gasteiger partial charge in [0.05, 0.1) is 0 Å². The molecule has 2 rings (SSSR count). The van der Waals surface area contributed by atoms with Crippen LogP contribution in [-0.4, -0.2) is 16.2 Å². The molecule has 0 aliphatic heterocycles. The molecule has 3 heteroatoms. The lowest BCUT2D eigenvalue weighted by molar-refractivity contribution is 0.0693. The highest BCUT2D eigenvalue weighted by atomic mass is 16.4. The summed E-state index contributed by atoms with van der Waals surface area (Å²) in [6.07, 6.45) is 4.23. The topological polar surface area (TPSA) is 57.5 Å². The van der Waals surface area contributed by atoms with Gasteiger partial charge in [-0.1, -0.05) is 70.4 Å². The van der Waals surface area contributed by atoms with E-state index in [9.17, 15) is 15.0 Å². The fourth-order valence-electron chi connectivity index (χ4n) is 3.06. The quantitative estimate of drug-likeness (QED) is 0.650. The zero-order valence-electron chi connectivity index (χ0n) is 14.7. The van der Waals surface area contributed by atoms with E-state index in [1.54, 1.807) is 6.07 Å². The molecule has 0 bridgehead atoms. The normalized spacial score (nSPS) is 11.5. The summed E-state index contributed by atoms with van der Waals surface area (Å²) in [4.78, 5) is 11.6. The number of carboxylic acid groups (broad SMARTS) is 1. The third kappa shape index (κ3) is 3.97. The smallest absolute Gasteiger partial charge is 0.339 e. The molecule has 0 aromatic heterocycles. The lowest BCUT2D eigenvalue weighted by atomic mass is 9.77. The van der Waals surface area contributed by atoms with E-state index in [4.69, 9.17) is 0 Å². The average molecular weight is 326 g/mol. The van der Waals surface area contributed by atoms with Crippen LogP contribution in [-0.2, 0) is 5.41 Å². The van der Waals surface area contributed by atoms with E-state index in [0.717, 1.165) is 36.8 Å². The maximum Gasteiger partial charge on any atom is 0.339 e. The fraction of sp³-hybridized carbons (Fsp3) is 0.381. The molecule has 0 saturated heterocycles. The second-order valence-corrected chi connectivity index (χ2v) is 6.93. The van der Waals surface area contributed by atoms with E-state index in [-0.39, 0.29) is 16.7 Å². The first-order valence-electron chi connectivity index (χ1n) is 8.53. The van der Waals surface area contributed by atoms with E-state index < -0.39 is 5.97 Å². The standard InChI is InChI=1S/C21H26O3/c1-4-5-9-12-21(2,3)18-14-16(15-10-7-6-8-11-15)13-17(19(18)22)20(23)24/h6-8,10-11,13-14,22H,4-5,9,12H2,1-3H3,(H,23,24). The number of benzene rings is 2. The molecule has 0 radical (unpaired) electrons. The molecule has 0 unspecified atom stereocenters. The summed E-state index contributed by atoms with van der Waals surface area (Å²) in [5, 5.41) is 20.0. The summed E-state index contributed by atoms with van der Waals surface area (Å²) in [5.74, 6) is -1.21. The zero-order valence-corrected chi connectivity index (χ0v) is 14.7. The molecule has 0 fully saturated rings. The molecule has 2 N–H and O–H groups in total. The largest absolute Gasteiger partial charge is 0.507 e. The maximum absolute atomic E-state index is 11.6. The minimum absolute atomic E-state index is 0.0325. The Hall–Kier alpha value is -2.29. The molecule has 3 nitrogen and oxygen atoms in total. The lowest BCUT2D eigenvalue weighted by Gasteiger charge is -2.27. The van der Waals surface area contributed by atoms with Gasteiger partial charge in [-0.25, -0.2) is 4.79 Å². The van der Waals surface area contributed by atoms with Gasteiger partial charge in [0.25, 0.3) is 0 Å². The Bertz CT molecular complexity index is 703. The van der Waals surface area contributed by atoms with Crippen LogP contribution in [0, 0.1) is 0 Å².